The molecule has 1 atom stereocenters. The van der Waals surface area contributed by atoms with E-state index in [-0.39, 0.29) is 5.91 Å². The zero-order valence-electron chi connectivity index (χ0n) is 10.4. The molecule has 1 aromatic rings. The topological polar surface area (TPSA) is 41.5 Å². The summed E-state index contributed by atoms with van der Waals surface area (Å²) in [5.41, 5.74) is 4.15. The van der Waals surface area contributed by atoms with Gasteiger partial charge in [-0.15, -0.1) is 0 Å². The quantitative estimate of drug-likeness (QED) is 0.814. The molecule has 0 saturated heterocycles. The van der Waals surface area contributed by atoms with Gasteiger partial charge in [-0.25, -0.2) is 5.43 Å². The smallest absolute Gasteiger partial charge is 0.267 e. The second kappa shape index (κ2) is 6.01. The number of rotatable bonds is 2. The number of hydrogen-bond donors (Lipinski definition) is 1. The molecule has 1 aromatic carbocycles. The summed E-state index contributed by atoms with van der Waals surface area (Å²) in [4.78, 5) is 11.9. The number of benzene rings is 1. The lowest BCUT2D eigenvalue weighted by Crippen LogP contribution is -2.24. The van der Waals surface area contributed by atoms with Crippen LogP contribution in [-0.4, -0.2) is 11.6 Å². The molecule has 0 aliphatic heterocycles. The fourth-order valence-electron chi connectivity index (χ4n) is 2.16. The first-order valence-corrected chi connectivity index (χ1v) is 6.67. The van der Waals surface area contributed by atoms with Gasteiger partial charge < -0.3 is 0 Å². The average molecular weight is 265 g/mol. The van der Waals surface area contributed by atoms with Crippen LogP contribution < -0.4 is 5.43 Å². The zero-order valence-corrected chi connectivity index (χ0v) is 11.2. The number of amides is 1. The van der Waals surface area contributed by atoms with Crippen molar-refractivity contribution in [1.82, 2.24) is 5.43 Å². The fourth-order valence-corrected chi connectivity index (χ4v) is 2.39. The highest BCUT2D eigenvalue weighted by Gasteiger charge is 2.16. The molecule has 0 heterocycles. The summed E-state index contributed by atoms with van der Waals surface area (Å²) in [5, 5.41) is 4.69. The first kappa shape index (κ1) is 13.1. The van der Waals surface area contributed by atoms with Gasteiger partial charge in [0.2, 0.25) is 0 Å². The van der Waals surface area contributed by atoms with Crippen molar-refractivity contribution in [1.29, 1.82) is 0 Å². The lowest BCUT2D eigenvalue weighted by molar-refractivity contribution is 0.0954. The van der Waals surface area contributed by atoms with Crippen LogP contribution in [-0.2, 0) is 0 Å². The molecule has 2 rings (SSSR count). The third kappa shape index (κ3) is 3.10. The number of hydrogen-bond acceptors (Lipinski definition) is 2. The molecule has 1 unspecified atom stereocenters. The van der Waals surface area contributed by atoms with E-state index in [4.69, 9.17) is 11.6 Å². The molecule has 1 aliphatic carbocycles. The molecule has 3 nitrogen and oxygen atoms in total. The van der Waals surface area contributed by atoms with Gasteiger partial charge in [-0.3, -0.25) is 4.79 Å². The molecule has 18 heavy (non-hydrogen) atoms. The van der Waals surface area contributed by atoms with Gasteiger partial charge >= 0.3 is 0 Å². The standard InChI is InChI=1S/C14H17ClN2O/c1-10-6-2-5-9-13(10)16-17-14(18)11-7-3-4-8-12(11)15/h3-4,7-8,10H,2,5-6,9H2,1H3,(H,17,18)/b16-13+. The van der Waals surface area contributed by atoms with Crippen LogP contribution in [0.25, 0.3) is 0 Å². The van der Waals surface area contributed by atoms with Crippen molar-refractivity contribution in [2.24, 2.45) is 11.0 Å². The largest absolute Gasteiger partial charge is 0.272 e. The number of halogens is 1. The Hall–Kier alpha value is -1.35. The van der Waals surface area contributed by atoms with Gasteiger partial charge in [-0.05, 0) is 37.3 Å². The van der Waals surface area contributed by atoms with Gasteiger partial charge in [0.15, 0.2) is 0 Å². The van der Waals surface area contributed by atoms with E-state index in [1.807, 2.05) is 0 Å². The maximum absolute atomic E-state index is 11.9. The molecule has 1 amide bonds. The molecule has 1 fully saturated rings. The third-order valence-corrected chi connectivity index (χ3v) is 3.64. The fraction of sp³-hybridized carbons (Fsp3) is 0.429. The summed E-state index contributed by atoms with van der Waals surface area (Å²) >= 11 is 5.96. The van der Waals surface area contributed by atoms with Crippen LogP contribution in [0, 0.1) is 5.92 Å². The van der Waals surface area contributed by atoms with E-state index in [0.29, 0.717) is 16.5 Å². The monoisotopic (exact) mass is 264 g/mol. The van der Waals surface area contributed by atoms with E-state index in [0.717, 1.165) is 25.0 Å². The third-order valence-electron chi connectivity index (χ3n) is 3.31. The van der Waals surface area contributed by atoms with Crippen LogP contribution in [0.1, 0.15) is 43.0 Å². The van der Waals surface area contributed by atoms with Crippen LogP contribution in [0.3, 0.4) is 0 Å². The highest BCUT2D eigenvalue weighted by molar-refractivity contribution is 6.33. The summed E-state index contributed by atoms with van der Waals surface area (Å²) in [5.74, 6) is 0.219. The van der Waals surface area contributed by atoms with Gasteiger partial charge in [0.05, 0.1) is 10.6 Å². The second-order valence-corrected chi connectivity index (χ2v) is 5.08. The highest BCUT2D eigenvalue weighted by atomic mass is 35.5. The first-order chi connectivity index (χ1) is 8.68. The zero-order chi connectivity index (χ0) is 13.0. The Kier molecular flexibility index (Phi) is 4.37. The Morgan fingerprint density at radius 1 is 1.39 bits per heavy atom. The average Bonchev–Trinajstić information content (AvgIpc) is 2.38. The molecule has 1 N–H and O–H groups in total. The number of hydrazone groups is 1. The lowest BCUT2D eigenvalue weighted by Gasteiger charge is -2.19. The van der Waals surface area contributed by atoms with E-state index in [9.17, 15) is 4.79 Å². The highest BCUT2D eigenvalue weighted by Crippen LogP contribution is 2.21. The lowest BCUT2D eigenvalue weighted by atomic mass is 9.89. The molecular weight excluding hydrogens is 248 g/mol. The first-order valence-electron chi connectivity index (χ1n) is 6.30. The Labute approximate surface area is 112 Å². The van der Waals surface area contributed by atoms with E-state index in [2.05, 4.69) is 17.5 Å². The molecule has 1 aliphatic rings. The van der Waals surface area contributed by atoms with Gasteiger partial charge in [0.25, 0.3) is 5.91 Å². The van der Waals surface area contributed by atoms with Crippen molar-refractivity contribution >= 4 is 23.2 Å². The van der Waals surface area contributed by atoms with E-state index in [1.165, 1.54) is 6.42 Å². The molecule has 0 radical (unpaired) electrons. The minimum Gasteiger partial charge on any atom is -0.267 e. The SMILES string of the molecule is CC1CCCC/C1=N\NC(=O)c1ccccc1Cl. The van der Waals surface area contributed by atoms with Crippen LogP contribution in [0.4, 0.5) is 0 Å². The Bertz CT molecular complexity index is 471. The van der Waals surface area contributed by atoms with E-state index < -0.39 is 0 Å². The predicted molar refractivity (Wildman–Crippen MR) is 74.0 cm³/mol. The van der Waals surface area contributed by atoms with Crippen LogP contribution in [0.15, 0.2) is 29.4 Å². The summed E-state index contributed by atoms with van der Waals surface area (Å²) in [7, 11) is 0. The van der Waals surface area contributed by atoms with Crippen molar-refractivity contribution in [3.8, 4) is 0 Å². The van der Waals surface area contributed by atoms with Crippen LogP contribution >= 0.6 is 11.6 Å². The minimum absolute atomic E-state index is 0.245. The molecule has 96 valence electrons. The number of nitrogens with one attached hydrogen (secondary N) is 1. The van der Waals surface area contributed by atoms with Crippen LogP contribution in [0.5, 0.6) is 0 Å². The molecule has 4 heteroatoms. The van der Waals surface area contributed by atoms with Crippen molar-refractivity contribution < 1.29 is 4.79 Å². The van der Waals surface area contributed by atoms with Crippen molar-refractivity contribution in [3.63, 3.8) is 0 Å². The van der Waals surface area contributed by atoms with Gasteiger partial charge in [-0.2, -0.15) is 5.10 Å². The Balaban J connectivity index is 2.04. The molecule has 0 bridgehead atoms. The van der Waals surface area contributed by atoms with Crippen molar-refractivity contribution in [2.45, 2.75) is 32.6 Å². The second-order valence-electron chi connectivity index (χ2n) is 4.67. The maximum atomic E-state index is 11.9. The number of carbonyl (C=O) groups excluding carboxylic acids is 1. The molecule has 0 aromatic heterocycles. The maximum Gasteiger partial charge on any atom is 0.272 e. The van der Waals surface area contributed by atoms with E-state index >= 15 is 0 Å². The van der Waals surface area contributed by atoms with Crippen molar-refractivity contribution in [3.05, 3.63) is 34.9 Å². The van der Waals surface area contributed by atoms with E-state index in [1.54, 1.807) is 24.3 Å². The summed E-state index contributed by atoms with van der Waals surface area (Å²) in [6.07, 6.45) is 4.54. The Morgan fingerprint density at radius 2 is 2.17 bits per heavy atom. The van der Waals surface area contributed by atoms with Crippen LogP contribution in [0.2, 0.25) is 5.02 Å². The molecule has 1 saturated carbocycles. The van der Waals surface area contributed by atoms with Gasteiger partial charge in [-0.1, -0.05) is 37.1 Å². The van der Waals surface area contributed by atoms with Gasteiger partial charge in [0, 0.05) is 5.71 Å². The number of carbonyl (C=O) groups is 1. The minimum atomic E-state index is -0.245. The molecular formula is C14H17ClN2O. The predicted octanol–water partition coefficient (Wildman–Crippen LogP) is 3.64. The Morgan fingerprint density at radius 3 is 2.89 bits per heavy atom. The van der Waals surface area contributed by atoms with Gasteiger partial charge in [0.1, 0.15) is 0 Å². The normalized spacial score (nSPS) is 21.9. The summed E-state index contributed by atoms with van der Waals surface area (Å²) in [6, 6.07) is 6.99. The van der Waals surface area contributed by atoms with Crippen molar-refractivity contribution in [2.75, 3.05) is 0 Å². The summed E-state index contributed by atoms with van der Waals surface area (Å²) < 4.78 is 0. The number of nitrogens with zero attached hydrogens (tertiary/aromatic N) is 1. The summed E-state index contributed by atoms with van der Waals surface area (Å²) in [6.45, 7) is 2.15. The molecule has 0 spiro atoms.